The van der Waals surface area contributed by atoms with Gasteiger partial charge in [0.1, 0.15) is 23.4 Å². The van der Waals surface area contributed by atoms with Gasteiger partial charge in [-0.3, -0.25) is 14.5 Å². The van der Waals surface area contributed by atoms with Crippen LogP contribution in [0.4, 0.5) is 5.13 Å². The number of aliphatic hydroxyl groups excluding tert-OH is 1. The van der Waals surface area contributed by atoms with Crippen LogP contribution < -0.4 is 14.4 Å². The maximum Gasteiger partial charge on any atom is 0.301 e. The second kappa shape index (κ2) is 13.4. The molecule has 0 spiro atoms. The predicted molar refractivity (Wildman–Crippen MR) is 190 cm³/mol. The third kappa shape index (κ3) is 6.30. The molecule has 0 saturated carbocycles. The van der Waals surface area contributed by atoms with Gasteiger partial charge in [0.15, 0.2) is 4.34 Å². The highest BCUT2D eigenvalue weighted by molar-refractivity contribution is 8.00. The van der Waals surface area contributed by atoms with Crippen molar-refractivity contribution in [2.45, 2.75) is 55.9 Å². The van der Waals surface area contributed by atoms with Crippen LogP contribution in [0.15, 0.2) is 94.8 Å². The maximum absolute atomic E-state index is 13.8. The van der Waals surface area contributed by atoms with Crippen LogP contribution in [0.25, 0.3) is 16.5 Å². The molecule has 1 saturated heterocycles. The summed E-state index contributed by atoms with van der Waals surface area (Å²) in [6.07, 6.45) is 1.59. The van der Waals surface area contributed by atoms with Gasteiger partial charge < -0.3 is 14.6 Å². The number of benzene rings is 4. The molecule has 1 fully saturated rings. The first-order valence-electron chi connectivity index (χ1n) is 16.0. The predicted octanol–water partition coefficient (Wildman–Crippen LogP) is 8.36. The number of carbonyl (C=O) groups excluding carboxylic acids is 2. The van der Waals surface area contributed by atoms with Crippen molar-refractivity contribution < 1.29 is 24.2 Å². The van der Waals surface area contributed by atoms with Crippen molar-refractivity contribution in [1.29, 1.82) is 0 Å². The molecule has 0 bridgehead atoms. The van der Waals surface area contributed by atoms with E-state index in [1.165, 1.54) is 38.9 Å². The third-order valence-corrected chi connectivity index (χ3v) is 10.7. The zero-order valence-electron chi connectivity index (χ0n) is 26.9. The summed E-state index contributed by atoms with van der Waals surface area (Å²) in [6, 6.07) is 26.2. The summed E-state index contributed by atoms with van der Waals surface area (Å²) >= 11 is 2.77. The Morgan fingerprint density at radius 3 is 2.71 bits per heavy atom. The quantitative estimate of drug-likeness (QED) is 0.0518. The smallest absolute Gasteiger partial charge is 0.301 e. The molecule has 0 aliphatic carbocycles. The molecule has 2 aliphatic heterocycles. The first-order valence-corrected chi connectivity index (χ1v) is 17.8. The molecule has 5 aromatic rings. The van der Waals surface area contributed by atoms with Gasteiger partial charge in [-0.25, -0.2) is 0 Å². The van der Waals surface area contributed by atoms with Gasteiger partial charge in [0.25, 0.3) is 5.78 Å². The molecule has 7 rings (SSSR count). The fourth-order valence-electron chi connectivity index (χ4n) is 6.17. The molecule has 1 amide bonds. The van der Waals surface area contributed by atoms with Gasteiger partial charge in [-0.15, -0.1) is 10.2 Å². The molecule has 48 heavy (non-hydrogen) atoms. The molecule has 0 unspecified atom stereocenters. The van der Waals surface area contributed by atoms with Gasteiger partial charge in [0.05, 0.1) is 18.2 Å². The van der Waals surface area contributed by atoms with E-state index in [4.69, 9.17) is 9.47 Å². The van der Waals surface area contributed by atoms with E-state index in [9.17, 15) is 14.7 Å². The molecule has 2 aliphatic rings. The standard InChI is InChI=1S/C38H35N3O5S2/c1-22(2)16-17-45-29-12-7-10-25(20-29)33-32(34(42)26-14-15-31-28(19-26)18-23(3)46-31)35(43)36(44)41(33)37-39-40-38(48-37)47-21-27-11-6-9-24-8-4-5-13-30(24)27/h4-15,19-20,22-23,33,42H,16-18,21H2,1-3H3/b34-32+/t23-,33+/m1/s1. The third-order valence-electron chi connectivity index (χ3n) is 8.58. The van der Waals surface area contributed by atoms with Crippen molar-refractivity contribution in [2.24, 2.45) is 5.92 Å². The summed E-state index contributed by atoms with van der Waals surface area (Å²) in [5.41, 5.74) is 3.17. The van der Waals surface area contributed by atoms with Gasteiger partial charge in [0.2, 0.25) is 5.13 Å². The Morgan fingerprint density at radius 1 is 1.04 bits per heavy atom. The molecule has 4 aromatic carbocycles. The van der Waals surface area contributed by atoms with Crippen LogP contribution in [0.2, 0.25) is 0 Å². The summed E-state index contributed by atoms with van der Waals surface area (Å²) in [4.78, 5) is 29.0. The number of aromatic nitrogens is 2. The topological polar surface area (TPSA) is 102 Å². The number of nitrogens with zero attached hydrogens (tertiary/aromatic N) is 3. The number of carbonyl (C=O) groups is 2. The summed E-state index contributed by atoms with van der Waals surface area (Å²) in [6.45, 7) is 6.79. The molecule has 2 atom stereocenters. The van der Waals surface area contributed by atoms with Gasteiger partial charge in [-0.2, -0.15) is 0 Å². The van der Waals surface area contributed by atoms with E-state index in [1.807, 2.05) is 55.5 Å². The van der Waals surface area contributed by atoms with Crippen molar-refractivity contribution in [1.82, 2.24) is 10.2 Å². The number of Topliss-reactive ketones (excluding diaryl/α,β-unsaturated/α-hetero) is 1. The van der Waals surface area contributed by atoms with Crippen molar-refractivity contribution in [3.63, 3.8) is 0 Å². The van der Waals surface area contributed by atoms with Crippen LogP contribution in [-0.4, -0.2) is 39.7 Å². The Balaban J connectivity index is 1.25. The van der Waals surface area contributed by atoms with Crippen LogP contribution >= 0.6 is 23.1 Å². The van der Waals surface area contributed by atoms with E-state index in [2.05, 4.69) is 48.3 Å². The Bertz CT molecular complexity index is 2050. The average Bonchev–Trinajstić information content (AvgIpc) is 3.78. The van der Waals surface area contributed by atoms with Crippen LogP contribution in [0.5, 0.6) is 11.5 Å². The van der Waals surface area contributed by atoms with E-state index in [0.717, 1.165) is 23.1 Å². The maximum atomic E-state index is 13.8. The van der Waals surface area contributed by atoms with Crippen molar-refractivity contribution in [3.8, 4) is 11.5 Å². The summed E-state index contributed by atoms with van der Waals surface area (Å²) in [5, 5.41) is 23.2. The monoisotopic (exact) mass is 677 g/mol. The lowest BCUT2D eigenvalue weighted by Gasteiger charge is -2.23. The van der Waals surface area contributed by atoms with E-state index in [0.29, 0.717) is 45.9 Å². The number of thioether (sulfide) groups is 1. The number of fused-ring (bicyclic) bond motifs is 2. The normalized spacial score (nSPS) is 18.5. The first kappa shape index (κ1) is 31.9. The summed E-state index contributed by atoms with van der Waals surface area (Å²) in [5.74, 6) is 0.710. The number of hydrogen-bond donors (Lipinski definition) is 1. The van der Waals surface area contributed by atoms with Crippen LogP contribution in [-0.2, 0) is 21.8 Å². The van der Waals surface area contributed by atoms with Crippen molar-refractivity contribution in [3.05, 3.63) is 113 Å². The van der Waals surface area contributed by atoms with Crippen LogP contribution in [0.3, 0.4) is 0 Å². The van der Waals surface area contributed by atoms with E-state index < -0.39 is 17.7 Å². The van der Waals surface area contributed by atoms with Gasteiger partial charge in [-0.05, 0) is 77.1 Å². The van der Waals surface area contributed by atoms with E-state index >= 15 is 0 Å². The number of hydrogen-bond acceptors (Lipinski definition) is 9. The lowest BCUT2D eigenvalue weighted by molar-refractivity contribution is -0.132. The second-order valence-corrected chi connectivity index (χ2v) is 14.7. The minimum atomic E-state index is -0.939. The van der Waals surface area contributed by atoms with Gasteiger partial charge in [-0.1, -0.05) is 91.5 Å². The van der Waals surface area contributed by atoms with Gasteiger partial charge >= 0.3 is 5.91 Å². The first-order chi connectivity index (χ1) is 23.3. The fraction of sp³-hybridized carbons (Fsp3) is 0.263. The molecule has 0 radical (unpaired) electrons. The fourth-order valence-corrected chi connectivity index (χ4v) is 8.04. The lowest BCUT2D eigenvalue weighted by atomic mass is 9.94. The Morgan fingerprint density at radius 2 is 1.85 bits per heavy atom. The Hall–Kier alpha value is -4.67. The van der Waals surface area contributed by atoms with E-state index in [1.54, 1.807) is 12.1 Å². The van der Waals surface area contributed by atoms with Gasteiger partial charge in [0, 0.05) is 17.7 Å². The number of rotatable bonds is 10. The van der Waals surface area contributed by atoms with E-state index in [-0.39, 0.29) is 22.6 Å². The Labute approximate surface area is 287 Å². The molecule has 10 heteroatoms. The highest BCUT2D eigenvalue weighted by Crippen LogP contribution is 2.45. The van der Waals surface area contributed by atoms with Crippen LogP contribution in [0, 0.1) is 5.92 Å². The highest BCUT2D eigenvalue weighted by atomic mass is 32.2. The average molecular weight is 678 g/mol. The van der Waals surface area contributed by atoms with Crippen molar-refractivity contribution in [2.75, 3.05) is 11.5 Å². The summed E-state index contributed by atoms with van der Waals surface area (Å²) < 4.78 is 12.6. The number of ketones is 1. The molecule has 1 aromatic heterocycles. The number of anilines is 1. The van der Waals surface area contributed by atoms with Crippen molar-refractivity contribution >= 4 is 56.5 Å². The molecule has 244 valence electrons. The lowest BCUT2D eigenvalue weighted by Crippen LogP contribution is -2.29. The second-order valence-electron chi connectivity index (χ2n) is 12.5. The molecular formula is C38H35N3O5S2. The molecule has 3 heterocycles. The highest BCUT2D eigenvalue weighted by Gasteiger charge is 2.48. The minimum absolute atomic E-state index is 0.00796. The van der Waals surface area contributed by atoms with Crippen LogP contribution in [0.1, 0.15) is 55.5 Å². The molecular weight excluding hydrogens is 643 g/mol. The SMILES string of the molecule is CC(C)CCOc1cccc([C@H]2/C(=C(\O)c3ccc4c(c3)C[C@@H](C)O4)C(=O)C(=O)N2c2nnc(SCc3cccc4ccccc34)s2)c1. The number of aliphatic hydroxyl groups is 1. The Kier molecular flexibility index (Phi) is 8.94. The number of ether oxygens (including phenoxy) is 2. The zero-order chi connectivity index (χ0) is 33.4. The largest absolute Gasteiger partial charge is 0.507 e. The molecule has 1 N–H and O–H groups in total. The number of amides is 1. The summed E-state index contributed by atoms with van der Waals surface area (Å²) in [7, 11) is 0. The zero-order valence-corrected chi connectivity index (χ0v) is 28.5. The minimum Gasteiger partial charge on any atom is -0.507 e. The molecule has 8 nitrogen and oxygen atoms in total.